The Bertz CT molecular complexity index is 919. The van der Waals surface area contributed by atoms with Crippen LogP contribution in [-0.2, 0) is 23.6 Å². The number of hydrogen-bond acceptors (Lipinski definition) is 4. The zero-order valence-corrected chi connectivity index (χ0v) is 14.3. The van der Waals surface area contributed by atoms with Gasteiger partial charge in [0.15, 0.2) is 0 Å². The minimum absolute atomic E-state index is 0.108. The van der Waals surface area contributed by atoms with Gasteiger partial charge in [0.05, 0.1) is 17.1 Å². The first kappa shape index (κ1) is 16.2. The predicted molar refractivity (Wildman–Crippen MR) is 92.0 cm³/mol. The van der Waals surface area contributed by atoms with Crippen molar-refractivity contribution in [1.82, 2.24) is 14.8 Å². The molecule has 0 radical (unpaired) electrons. The zero-order chi connectivity index (χ0) is 17.2. The molecule has 6 nitrogen and oxygen atoms in total. The maximum atomic E-state index is 13.2. The Balaban J connectivity index is 2.07. The Morgan fingerprint density at radius 2 is 1.71 bits per heavy atom. The first-order valence-corrected chi connectivity index (χ1v) is 8.90. The average molecular weight is 342 g/mol. The lowest BCUT2D eigenvalue weighted by Gasteiger charge is -2.24. The van der Waals surface area contributed by atoms with Crippen molar-refractivity contribution in [1.29, 1.82) is 0 Å². The fourth-order valence-electron chi connectivity index (χ4n) is 2.34. The summed E-state index contributed by atoms with van der Waals surface area (Å²) in [6.45, 7) is 2.03. The number of sulfonamides is 1. The third kappa shape index (κ3) is 3.16. The number of aryl methyl sites for hydroxylation is 2. The molecule has 0 aliphatic rings. The molecule has 0 aliphatic carbocycles. The lowest BCUT2D eigenvalue weighted by atomic mass is 10.2. The maximum Gasteiger partial charge on any atom is 0.264 e. The van der Waals surface area contributed by atoms with Gasteiger partial charge in [-0.1, -0.05) is 35.9 Å². The molecule has 0 saturated heterocycles. The number of anilines is 1. The summed E-state index contributed by atoms with van der Waals surface area (Å²) in [5, 5.41) is 4.01. The first-order chi connectivity index (χ1) is 11.5. The molecular weight excluding hydrogens is 324 g/mol. The molecule has 0 unspecified atom stereocenters. The van der Waals surface area contributed by atoms with Crippen molar-refractivity contribution in [2.75, 3.05) is 4.31 Å². The fourth-order valence-corrected chi connectivity index (χ4v) is 3.76. The van der Waals surface area contributed by atoms with E-state index in [2.05, 4.69) is 10.1 Å². The van der Waals surface area contributed by atoms with E-state index in [1.807, 2.05) is 25.1 Å². The molecule has 1 heterocycles. The van der Waals surface area contributed by atoms with E-state index in [0.717, 1.165) is 5.56 Å². The van der Waals surface area contributed by atoms with Crippen molar-refractivity contribution in [2.45, 2.75) is 18.4 Å². The molecule has 24 heavy (non-hydrogen) atoms. The van der Waals surface area contributed by atoms with Crippen molar-refractivity contribution in [3.05, 3.63) is 72.3 Å². The molecular formula is C17H18N4O2S. The van der Waals surface area contributed by atoms with Crippen LogP contribution in [0.3, 0.4) is 0 Å². The van der Waals surface area contributed by atoms with E-state index in [1.54, 1.807) is 48.1 Å². The smallest absolute Gasteiger partial charge is 0.259 e. The molecule has 1 aromatic heterocycles. The van der Waals surface area contributed by atoms with E-state index in [-0.39, 0.29) is 11.4 Å². The highest BCUT2D eigenvalue weighted by atomic mass is 32.2. The van der Waals surface area contributed by atoms with Gasteiger partial charge in [0.2, 0.25) is 0 Å². The molecule has 0 spiro atoms. The van der Waals surface area contributed by atoms with E-state index in [4.69, 9.17) is 0 Å². The van der Waals surface area contributed by atoms with Crippen LogP contribution < -0.4 is 4.31 Å². The number of aromatic nitrogens is 3. The summed E-state index contributed by atoms with van der Waals surface area (Å²) in [5.41, 5.74) is 1.59. The van der Waals surface area contributed by atoms with Crippen LogP contribution in [0.15, 0.2) is 65.8 Å². The van der Waals surface area contributed by atoms with Gasteiger partial charge in [0.25, 0.3) is 10.0 Å². The molecule has 0 bridgehead atoms. The molecule has 2 aromatic carbocycles. The monoisotopic (exact) mass is 342 g/mol. The van der Waals surface area contributed by atoms with Crippen LogP contribution in [0.5, 0.6) is 0 Å². The largest absolute Gasteiger partial charge is 0.264 e. The summed E-state index contributed by atoms with van der Waals surface area (Å²) in [7, 11) is -1.97. The van der Waals surface area contributed by atoms with E-state index in [0.29, 0.717) is 11.5 Å². The Morgan fingerprint density at radius 3 is 2.29 bits per heavy atom. The van der Waals surface area contributed by atoms with Crippen molar-refractivity contribution in [2.24, 2.45) is 7.05 Å². The van der Waals surface area contributed by atoms with Gasteiger partial charge in [-0.2, -0.15) is 5.10 Å². The Labute approximate surface area is 141 Å². The number of nitrogens with zero attached hydrogens (tertiary/aromatic N) is 4. The molecule has 7 heteroatoms. The van der Waals surface area contributed by atoms with E-state index >= 15 is 0 Å². The van der Waals surface area contributed by atoms with Gasteiger partial charge in [-0.25, -0.2) is 13.4 Å². The highest BCUT2D eigenvalue weighted by Gasteiger charge is 2.26. The van der Waals surface area contributed by atoms with Gasteiger partial charge in [-0.3, -0.25) is 8.99 Å². The van der Waals surface area contributed by atoms with E-state index in [9.17, 15) is 8.42 Å². The molecule has 0 fully saturated rings. The summed E-state index contributed by atoms with van der Waals surface area (Å²) in [4.78, 5) is 4.40. The SMILES string of the molecule is Cc1ccc(S(=O)(=O)N(Cc2ncnn2C)c2ccccc2)cc1. The molecule has 0 N–H and O–H groups in total. The third-order valence-corrected chi connectivity index (χ3v) is 5.53. The van der Waals surface area contributed by atoms with Crippen LogP contribution in [0.4, 0.5) is 5.69 Å². The van der Waals surface area contributed by atoms with Gasteiger partial charge in [-0.05, 0) is 31.2 Å². The van der Waals surface area contributed by atoms with Gasteiger partial charge >= 0.3 is 0 Å². The van der Waals surface area contributed by atoms with Crippen LogP contribution >= 0.6 is 0 Å². The van der Waals surface area contributed by atoms with Crippen molar-refractivity contribution >= 4 is 15.7 Å². The highest BCUT2D eigenvalue weighted by molar-refractivity contribution is 7.92. The van der Waals surface area contributed by atoms with Crippen LogP contribution in [0.1, 0.15) is 11.4 Å². The maximum absolute atomic E-state index is 13.2. The summed E-state index contributed by atoms with van der Waals surface area (Å²) >= 11 is 0. The Morgan fingerprint density at radius 1 is 1.04 bits per heavy atom. The van der Waals surface area contributed by atoms with Crippen LogP contribution in [0.2, 0.25) is 0 Å². The lowest BCUT2D eigenvalue weighted by Crippen LogP contribution is -2.31. The molecule has 3 rings (SSSR count). The molecule has 0 aliphatic heterocycles. The molecule has 0 amide bonds. The lowest BCUT2D eigenvalue weighted by molar-refractivity contribution is 0.587. The number of hydrogen-bond donors (Lipinski definition) is 0. The van der Waals surface area contributed by atoms with Gasteiger partial charge in [0, 0.05) is 7.05 Å². The van der Waals surface area contributed by atoms with E-state index in [1.165, 1.54) is 10.6 Å². The number of para-hydroxylation sites is 1. The molecule has 3 aromatic rings. The average Bonchev–Trinajstić information content (AvgIpc) is 2.98. The molecule has 124 valence electrons. The second kappa shape index (κ2) is 6.45. The zero-order valence-electron chi connectivity index (χ0n) is 13.5. The summed E-state index contributed by atoms with van der Waals surface area (Å²) in [6, 6.07) is 15.8. The van der Waals surface area contributed by atoms with E-state index < -0.39 is 10.0 Å². The summed E-state index contributed by atoms with van der Waals surface area (Å²) in [6.07, 6.45) is 1.41. The minimum Gasteiger partial charge on any atom is -0.259 e. The third-order valence-electron chi connectivity index (χ3n) is 3.74. The summed E-state index contributed by atoms with van der Waals surface area (Å²) < 4.78 is 29.2. The first-order valence-electron chi connectivity index (χ1n) is 7.46. The topological polar surface area (TPSA) is 68.1 Å². The van der Waals surface area contributed by atoms with Crippen molar-refractivity contribution in [3.8, 4) is 0 Å². The number of rotatable bonds is 5. The van der Waals surface area contributed by atoms with Gasteiger partial charge in [-0.15, -0.1) is 0 Å². The Kier molecular flexibility index (Phi) is 4.35. The van der Waals surface area contributed by atoms with Crippen LogP contribution in [0, 0.1) is 6.92 Å². The summed E-state index contributed by atoms with van der Waals surface area (Å²) in [5.74, 6) is 0.564. The highest BCUT2D eigenvalue weighted by Crippen LogP contribution is 2.25. The van der Waals surface area contributed by atoms with Gasteiger partial charge < -0.3 is 0 Å². The van der Waals surface area contributed by atoms with Gasteiger partial charge in [0.1, 0.15) is 12.2 Å². The second-order valence-electron chi connectivity index (χ2n) is 5.46. The fraction of sp³-hybridized carbons (Fsp3) is 0.176. The quantitative estimate of drug-likeness (QED) is 0.714. The number of benzene rings is 2. The molecule has 0 saturated carbocycles. The minimum atomic E-state index is -3.71. The normalized spacial score (nSPS) is 11.4. The van der Waals surface area contributed by atoms with Crippen LogP contribution in [-0.4, -0.2) is 23.2 Å². The predicted octanol–water partition coefficient (Wildman–Crippen LogP) is 2.52. The van der Waals surface area contributed by atoms with Crippen molar-refractivity contribution < 1.29 is 8.42 Å². The van der Waals surface area contributed by atoms with Crippen molar-refractivity contribution in [3.63, 3.8) is 0 Å². The standard InChI is InChI=1S/C17H18N4O2S/c1-14-8-10-16(11-9-14)24(22,23)21(15-6-4-3-5-7-15)12-17-18-13-19-20(17)2/h3-11,13H,12H2,1-2H3. The Hall–Kier alpha value is -2.67. The second-order valence-corrected chi connectivity index (χ2v) is 7.32. The molecule has 0 atom stereocenters. The van der Waals surface area contributed by atoms with Crippen LogP contribution in [0.25, 0.3) is 0 Å².